The summed E-state index contributed by atoms with van der Waals surface area (Å²) in [4.78, 5) is 14.8. The number of likely N-dealkylation sites (tertiary alicyclic amines) is 1. The Kier molecular flexibility index (Phi) is 3.89. The Morgan fingerprint density at radius 2 is 1.96 bits per heavy atom. The van der Waals surface area contributed by atoms with Gasteiger partial charge in [-0.15, -0.1) is 0 Å². The van der Waals surface area contributed by atoms with Crippen LogP contribution in [-0.4, -0.2) is 30.4 Å². The summed E-state index contributed by atoms with van der Waals surface area (Å²) in [7, 11) is 0. The van der Waals surface area contributed by atoms with E-state index in [2.05, 4.69) is 54.4 Å². The van der Waals surface area contributed by atoms with E-state index < -0.39 is 0 Å². The van der Waals surface area contributed by atoms with Gasteiger partial charge in [0.15, 0.2) is 0 Å². The average molecular weight is 320 g/mol. The number of hydrogen-bond donors (Lipinski definition) is 1. The van der Waals surface area contributed by atoms with E-state index in [1.54, 1.807) is 0 Å². The summed E-state index contributed by atoms with van der Waals surface area (Å²) in [6.07, 6.45) is 0. The Hall–Kier alpha value is -2.13. The maximum atomic E-state index is 12.3. The number of benzene rings is 2. The molecule has 2 aliphatic heterocycles. The normalized spacial score (nSPS) is 23.3. The van der Waals surface area contributed by atoms with E-state index >= 15 is 0 Å². The first kappa shape index (κ1) is 15.4. The molecule has 2 aliphatic rings. The number of fused-ring (bicyclic) bond motifs is 3. The van der Waals surface area contributed by atoms with Crippen LogP contribution in [0.1, 0.15) is 38.5 Å². The van der Waals surface area contributed by atoms with Crippen molar-refractivity contribution in [1.29, 1.82) is 0 Å². The third-order valence-electron chi connectivity index (χ3n) is 5.54. The molecule has 4 rings (SSSR count). The Balaban J connectivity index is 1.58. The number of amides is 1. The summed E-state index contributed by atoms with van der Waals surface area (Å²) in [5.74, 6) is 1.04. The molecule has 124 valence electrons. The van der Waals surface area contributed by atoms with Crippen molar-refractivity contribution in [1.82, 2.24) is 10.2 Å². The van der Waals surface area contributed by atoms with E-state index in [-0.39, 0.29) is 5.91 Å². The zero-order valence-corrected chi connectivity index (χ0v) is 14.4. The van der Waals surface area contributed by atoms with Gasteiger partial charge in [0.25, 0.3) is 5.91 Å². The smallest absolute Gasteiger partial charge is 0.251 e. The number of rotatable bonds is 2. The summed E-state index contributed by atoms with van der Waals surface area (Å²) in [5, 5.41) is 3.11. The standard InChI is InChI=1S/C21H24N2O/c1-14-7-8-16(15(2)9-14)11-23-12-17-10-22-21(24)19-6-4-3-5-18(19)20(17)13-23/h3-9,17,20H,10-13H2,1-2H3,(H,22,24). The summed E-state index contributed by atoms with van der Waals surface area (Å²) < 4.78 is 0. The summed E-state index contributed by atoms with van der Waals surface area (Å²) in [5.41, 5.74) is 6.18. The quantitative estimate of drug-likeness (QED) is 0.921. The maximum Gasteiger partial charge on any atom is 0.251 e. The lowest BCUT2D eigenvalue weighted by Gasteiger charge is -2.18. The molecule has 2 unspecified atom stereocenters. The van der Waals surface area contributed by atoms with Crippen molar-refractivity contribution in [2.75, 3.05) is 19.6 Å². The van der Waals surface area contributed by atoms with Crippen LogP contribution in [0.2, 0.25) is 0 Å². The van der Waals surface area contributed by atoms with Crippen molar-refractivity contribution in [3.63, 3.8) is 0 Å². The van der Waals surface area contributed by atoms with Crippen LogP contribution in [-0.2, 0) is 6.54 Å². The molecule has 3 nitrogen and oxygen atoms in total. The van der Waals surface area contributed by atoms with Crippen LogP contribution in [0.5, 0.6) is 0 Å². The molecule has 0 bridgehead atoms. The van der Waals surface area contributed by atoms with Crippen LogP contribution in [0.4, 0.5) is 0 Å². The monoisotopic (exact) mass is 320 g/mol. The van der Waals surface area contributed by atoms with Gasteiger partial charge >= 0.3 is 0 Å². The molecular formula is C21H24N2O. The Bertz CT molecular complexity index is 783. The predicted octanol–water partition coefficient (Wildman–Crippen LogP) is 3.26. The molecule has 0 saturated carbocycles. The summed E-state index contributed by atoms with van der Waals surface area (Å²) >= 11 is 0. The van der Waals surface area contributed by atoms with Crippen molar-refractivity contribution in [2.24, 2.45) is 5.92 Å². The van der Waals surface area contributed by atoms with Crippen molar-refractivity contribution in [2.45, 2.75) is 26.3 Å². The highest BCUT2D eigenvalue weighted by Crippen LogP contribution is 2.36. The number of carbonyl (C=O) groups excluding carboxylic acids is 1. The van der Waals surface area contributed by atoms with E-state index in [1.807, 2.05) is 12.1 Å². The van der Waals surface area contributed by atoms with Crippen LogP contribution in [0.15, 0.2) is 42.5 Å². The highest BCUT2D eigenvalue weighted by atomic mass is 16.1. The van der Waals surface area contributed by atoms with Gasteiger partial charge in [0.2, 0.25) is 0 Å². The molecule has 0 radical (unpaired) electrons. The van der Waals surface area contributed by atoms with Crippen LogP contribution in [0, 0.1) is 19.8 Å². The maximum absolute atomic E-state index is 12.3. The number of carbonyl (C=O) groups is 1. The van der Waals surface area contributed by atoms with E-state index in [9.17, 15) is 4.79 Å². The van der Waals surface area contributed by atoms with Gasteiger partial charge in [0, 0.05) is 37.7 Å². The molecule has 24 heavy (non-hydrogen) atoms. The van der Waals surface area contributed by atoms with Crippen molar-refractivity contribution < 1.29 is 4.79 Å². The lowest BCUT2D eigenvalue weighted by atomic mass is 9.87. The van der Waals surface area contributed by atoms with Crippen LogP contribution in [0.25, 0.3) is 0 Å². The molecule has 3 heteroatoms. The van der Waals surface area contributed by atoms with E-state index in [0.29, 0.717) is 11.8 Å². The minimum Gasteiger partial charge on any atom is -0.352 e. The second kappa shape index (κ2) is 6.06. The minimum atomic E-state index is 0.0842. The van der Waals surface area contributed by atoms with E-state index in [4.69, 9.17) is 0 Å². The number of hydrogen-bond acceptors (Lipinski definition) is 2. The zero-order chi connectivity index (χ0) is 16.7. The van der Waals surface area contributed by atoms with Gasteiger partial charge in [-0.3, -0.25) is 9.69 Å². The molecule has 2 aromatic rings. The highest BCUT2D eigenvalue weighted by Gasteiger charge is 2.37. The van der Waals surface area contributed by atoms with Gasteiger partial charge in [0.1, 0.15) is 0 Å². The fourth-order valence-corrected chi connectivity index (χ4v) is 4.26. The zero-order valence-electron chi connectivity index (χ0n) is 14.4. The summed E-state index contributed by atoms with van der Waals surface area (Å²) in [6, 6.07) is 14.8. The first-order chi connectivity index (χ1) is 11.6. The Labute approximate surface area is 143 Å². The van der Waals surface area contributed by atoms with Crippen molar-refractivity contribution in [3.05, 3.63) is 70.3 Å². The van der Waals surface area contributed by atoms with E-state index in [0.717, 1.165) is 31.7 Å². The van der Waals surface area contributed by atoms with Gasteiger partial charge in [0.05, 0.1) is 0 Å². The first-order valence-electron chi connectivity index (χ1n) is 8.77. The molecule has 1 saturated heterocycles. The molecule has 0 aliphatic carbocycles. The van der Waals surface area contributed by atoms with Gasteiger partial charge in [-0.2, -0.15) is 0 Å². The minimum absolute atomic E-state index is 0.0842. The van der Waals surface area contributed by atoms with Gasteiger partial charge in [-0.25, -0.2) is 0 Å². The second-order valence-electron chi connectivity index (χ2n) is 7.29. The summed E-state index contributed by atoms with van der Waals surface area (Å²) in [6.45, 7) is 8.20. The van der Waals surface area contributed by atoms with Crippen LogP contribution < -0.4 is 5.32 Å². The second-order valence-corrected chi connectivity index (χ2v) is 7.29. The number of nitrogens with one attached hydrogen (secondary N) is 1. The SMILES string of the molecule is Cc1ccc(CN2CC3CNC(=O)c4ccccc4C3C2)c(C)c1. The fourth-order valence-electron chi connectivity index (χ4n) is 4.26. The van der Waals surface area contributed by atoms with Gasteiger partial charge < -0.3 is 5.32 Å². The molecule has 2 atom stereocenters. The molecular weight excluding hydrogens is 296 g/mol. The van der Waals surface area contributed by atoms with E-state index in [1.165, 1.54) is 22.3 Å². The molecule has 0 spiro atoms. The first-order valence-corrected chi connectivity index (χ1v) is 8.77. The topological polar surface area (TPSA) is 32.3 Å². The molecule has 1 fully saturated rings. The Morgan fingerprint density at radius 3 is 2.79 bits per heavy atom. The van der Waals surface area contributed by atoms with Crippen molar-refractivity contribution in [3.8, 4) is 0 Å². The third-order valence-corrected chi connectivity index (χ3v) is 5.54. The van der Waals surface area contributed by atoms with Gasteiger partial charge in [-0.1, -0.05) is 42.0 Å². The lowest BCUT2D eigenvalue weighted by Crippen LogP contribution is -2.29. The number of aryl methyl sites for hydroxylation is 2. The average Bonchev–Trinajstić information content (AvgIpc) is 2.92. The molecule has 0 aromatic heterocycles. The number of nitrogens with zero attached hydrogens (tertiary/aromatic N) is 1. The largest absolute Gasteiger partial charge is 0.352 e. The Morgan fingerprint density at radius 1 is 1.12 bits per heavy atom. The molecule has 1 N–H and O–H groups in total. The molecule has 2 aromatic carbocycles. The molecule has 1 amide bonds. The van der Waals surface area contributed by atoms with Gasteiger partial charge in [-0.05, 0) is 42.5 Å². The predicted molar refractivity (Wildman–Crippen MR) is 96.2 cm³/mol. The highest BCUT2D eigenvalue weighted by molar-refractivity contribution is 5.96. The lowest BCUT2D eigenvalue weighted by molar-refractivity contribution is 0.0951. The molecule has 2 heterocycles. The van der Waals surface area contributed by atoms with Crippen LogP contribution in [0.3, 0.4) is 0 Å². The van der Waals surface area contributed by atoms with Crippen LogP contribution >= 0.6 is 0 Å². The van der Waals surface area contributed by atoms with Crippen molar-refractivity contribution >= 4 is 5.91 Å². The fraction of sp³-hybridized carbons (Fsp3) is 0.381. The third kappa shape index (κ3) is 2.73.